The van der Waals surface area contributed by atoms with E-state index in [0.717, 1.165) is 11.3 Å². The van der Waals surface area contributed by atoms with Crippen LogP contribution in [-0.2, 0) is 11.3 Å². The van der Waals surface area contributed by atoms with Crippen molar-refractivity contribution in [3.05, 3.63) is 59.2 Å². The van der Waals surface area contributed by atoms with Crippen LogP contribution >= 0.6 is 11.6 Å². The third-order valence-corrected chi connectivity index (χ3v) is 4.84. The number of hydrogen-bond donors (Lipinski definition) is 2. The molecule has 0 bridgehead atoms. The Morgan fingerprint density at radius 1 is 1.23 bits per heavy atom. The number of benzene rings is 2. The van der Waals surface area contributed by atoms with Crippen LogP contribution in [0.5, 0.6) is 11.5 Å². The molecule has 2 aromatic carbocycles. The number of fused-ring (bicyclic) bond motifs is 1. The van der Waals surface area contributed by atoms with Crippen molar-refractivity contribution in [2.24, 2.45) is 0 Å². The number of aliphatic hydroxyl groups excluding tert-OH is 1. The van der Waals surface area contributed by atoms with Crippen LogP contribution in [0.4, 0.5) is 23.1 Å². The molecule has 30 heavy (non-hydrogen) atoms. The highest BCUT2D eigenvalue weighted by Gasteiger charge is 2.26. The summed E-state index contributed by atoms with van der Waals surface area (Å²) in [6.07, 6.45) is 1.66. The fourth-order valence-electron chi connectivity index (χ4n) is 3.14. The molecule has 2 N–H and O–H groups in total. The second kappa shape index (κ2) is 9.17. The van der Waals surface area contributed by atoms with Crippen LogP contribution in [0.2, 0.25) is 5.02 Å². The predicted octanol–water partition coefficient (Wildman–Crippen LogP) is 3.88. The van der Waals surface area contributed by atoms with E-state index >= 15 is 0 Å². The number of anilines is 4. The Bertz CT molecular complexity index is 1030. The molecule has 9 heteroatoms. The first-order valence-corrected chi connectivity index (χ1v) is 9.72. The second-order valence-corrected chi connectivity index (χ2v) is 6.90. The summed E-state index contributed by atoms with van der Waals surface area (Å²) in [4.78, 5) is 10.9. The van der Waals surface area contributed by atoms with E-state index in [1.54, 1.807) is 31.5 Å². The Labute approximate surface area is 179 Å². The summed E-state index contributed by atoms with van der Waals surface area (Å²) >= 11 is 6.53. The van der Waals surface area contributed by atoms with Crippen molar-refractivity contribution in [3.63, 3.8) is 0 Å². The Morgan fingerprint density at radius 2 is 2.13 bits per heavy atom. The lowest BCUT2D eigenvalue weighted by molar-refractivity contribution is 0.174. The van der Waals surface area contributed by atoms with Gasteiger partial charge in [0.25, 0.3) is 0 Å². The molecule has 0 atom stereocenters. The molecule has 0 saturated heterocycles. The van der Waals surface area contributed by atoms with Crippen molar-refractivity contribution in [2.45, 2.75) is 6.61 Å². The molecule has 2 heterocycles. The Hall–Kier alpha value is -3.07. The third-order valence-electron chi connectivity index (χ3n) is 4.54. The van der Waals surface area contributed by atoms with Gasteiger partial charge in [-0.05, 0) is 35.9 Å². The van der Waals surface area contributed by atoms with Crippen LogP contribution < -0.4 is 19.7 Å². The van der Waals surface area contributed by atoms with Gasteiger partial charge in [-0.25, -0.2) is 4.98 Å². The van der Waals surface area contributed by atoms with Crippen LogP contribution in [-0.4, -0.2) is 42.1 Å². The van der Waals surface area contributed by atoms with E-state index in [2.05, 4.69) is 15.3 Å². The molecule has 0 spiro atoms. The number of aromatic nitrogens is 2. The predicted molar refractivity (Wildman–Crippen MR) is 114 cm³/mol. The van der Waals surface area contributed by atoms with Gasteiger partial charge < -0.3 is 29.5 Å². The molecule has 0 amide bonds. The number of halogens is 1. The Kier molecular flexibility index (Phi) is 6.18. The lowest BCUT2D eigenvalue weighted by Gasteiger charge is -2.26. The molecule has 4 rings (SSSR count). The van der Waals surface area contributed by atoms with Crippen molar-refractivity contribution in [1.82, 2.24) is 9.97 Å². The first-order chi connectivity index (χ1) is 14.7. The number of methoxy groups -OCH3 is 1. The first-order valence-electron chi connectivity index (χ1n) is 9.34. The Morgan fingerprint density at radius 3 is 2.97 bits per heavy atom. The van der Waals surface area contributed by atoms with Gasteiger partial charge in [0.1, 0.15) is 11.5 Å². The lowest BCUT2D eigenvalue weighted by Crippen LogP contribution is -2.24. The van der Waals surface area contributed by atoms with Crippen molar-refractivity contribution in [1.29, 1.82) is 0 Å². The zero-order valence-corrected chi connectivity index (χ0v) is 17.1. The highest BCUT2D eigenvalue weighted by atomic mass is 35.5. The fourth-order valence-corrected chi connectivity index (χ4v) is 3.40. The molecular weight excluding hydrogens is 408 g/mol. The summed E-state index contributed by atoms with van der Waals surface area (Å²) in [6, 6.07) is 12.8. The molecule has 0 saturated carbocycles. The van der Waals surface area contributed by atoms with Gasteiger partial charge >= 0.3 is 0 Å². The quantitative estimate of drug-likeness (QED) is 0.558. The Balaban J connectivity index is 1.69. The van der Waals surface area contributed by atoms with Gasteiger partial charge in [-0.3, -0.25) is 0 Å². The SMILES string of the molecule is COCCN(c1ccnc(Nc2cccc(CO)c2)n1)c1c(Cl)ccc2c1OCO2. The second-order valence-electron chi connectivity index (χ2n) is 6.50. The number of nitrogens with zero attached hydrogens (tertiary/aromatic N) is 3. The van der Waals surface area contributed by atoms with Crippen molar-refractivity contribution in [3.8, 4) is 11.5 Å². The van der Waals surface area contributed by atoms with Crippen LogP contribution in [0, 0.1) is 0 Å². The minimum Gasteiger partial charge on any atom is -0.454 e. The van der Waals surface area contributed by atoms with E-state index in [4.69, 9.17) is 25.8 Å². The molecule has 1 aliphatic heterocycles. The van der Waals surface area contributed by atoms with Gasteiger partial charge in [-0.2, -0.15) is 4.98 Å². The topological polar surface area (TPSA) is 89.0 Å². The molecule has 0 unspecified atom stereocenters. The first kappa shape index (κ1) is 20.2. The minimum absolute atomic E-state index is 0.0408. The fraction of sp³-hybridized carbons (Fsp3) is 0.238. The maximum absolute atomic E-state index is 9.34. The number of nitrogens with one attached hydrogen (secondary N) is 1. The van der Waals surface area contributed by atoms with E-state index in [0.29, 0.717) is 47.1 Å². The molecule has 1 aliphatic rings. The summed E-state index contributed by atoms with van der Waals surface area (Å²) in [5, 5.41) is 13.0. The molecular formula is C21H21ClN4O4. The van der Waals surface area contributed by atoms with Gasteiger partial charge in [0.15, 0.2) is 11.5 Å². The molecule has 0 fully saturated rings. The summed E-state index contributed by atoms with van der Waals surface area (Å²) in [6.45, 7) is 1.04. The normalized spacial score (nSPS) is 12.1. The van der Waals surface area contributed by atoms with E-state index < -0.39 is 0 Å². The monoisotopic (exact) mass is 428 g/mol. The molecule has 3 aromatic rings. The van der Waals surface area contributed by atoms with Gasteiger partial charge in [0.2, 0.25) is 12.7 Å². The van der Waals surface area contributed by atoms with Crippen molar-refractivity contribution >= 4 is 34.7 Å². The van der Waals surface area contributed by atoms with Gasteiger partial charge in [0.05, 0.1) is 18.2 Å². The van der Waals surface area contributed by atoms with Gasteiger partial charge in [0, 0.05) is 25.5 Å². The maximum Gasteiger partial charge on any atom is 0.231 e. The maximum atomic E-state index is 9.34. The number of hydrogen-bond acceptors (Lipinski definition) is 8. The summed E-state index contributed by atoms with van der Waals surface area (Å²) in [7, 11) is 1.63. The zero-order valence-electron chi connectivity index (χ0n) is 16.3. The summed E-state index contributed by atoms with van der Waals surface area (Å²) in [5.74, 6) is 2.23. The standard InChI is InChI=1S/C21H21ClN4O4/c1-28-10-9-26(19-16(22)5-6-17-20(19)30-13-29-17)18-7-8-23-21(25-18)24-15-4-2-3-14(11-15)12-27/h2-8,11,27H,9-10,12-13H2,1H3,(H,23,24,25). The number of ether oxygens (including phenoxy) is 3. The van der Waals surface area contributed by atoms with Gasteiger partial charge in [-0.1, -0.05) is 23.7 Å². The highest BCUT2D eigenvalue weighted by molar-refractivity contribution is 6.34. The average molecular weight is 429 g/mol. The van der Waals surface area contributed by atoms with Gasteiger partial charge in [-0.15, -0.1) is 0 Å². The molecule has 8 nitrogen and oxygen atoms in total. The van der Waals surface area contributed by atoms with Crippen LogP contribution in [0.1, 0.15) is 5.56 Å². The van der Waals surface area contributed by atoms with Crippen LogP contribution in [0.3, 0.4) is 0 Å². The van der Waals surface area contributed by atoms with E-state index in [9.17, 15) is 5.11 Å². The third kappa shape index (κ3) is 4.25. The molecule has 0 radical (unpaired) electrons. The largest absolute Gasteiger partial charge is 0.454 e. The van der Waals surface area contributed by atoms with E-state index in [1.165, 1.54) is 0 Å². The van der Waals surface area contributed by atoms with Crippen molar-refractivity contribution in [2.75, 3.05) is 37.3 Å². The van der Waals surface area contributed by atoms with E-state index in [-0.39, 0.29) is 13.4 Å². The molecule has 1 aromatic heterocycles. The molecule has 156 valence electrons. The highest BCUT2D eigenvalue weighted by Crippen LogP contribution is 2.47. The van der Waals surface area contributed by atoms with Crippen molar-refractivity contribution < 1.29 is 19.3 Å². The zero-order chi connectivity index (χ0) is 20.9. The minimum atomic E-state index is -0.0408. The summed E-state index contributed by atoms with van der Waals surface area (Å²) in [5.41, 5.74) is 2.23. The lowest BCUT2D eigenvalue weighted by atomic mass is 10.2. The molecule has 0 aliphatic carbocycles. The van der Waals surface area contributed by atoms with Crippen LogP contribution in [0.15, 0.2) is 48.7 Å². The number of rotatable bonds is 8. The smallest absolute Gasteiger partial charge is 0.231 e. The van der Waals surface area contributed by atoms with Crippen LogP contribution in [0.25, 0.3) is 0 Å². The summed E-state index contributed by atoms with van der Waals surface area (Å²) < 4.78 is 16.5. The average Bonchev–Trinajstić information content (AvgIpc) is 3.24. The number of aliphatic hydroxyl groups is 1. The van der Waals surface area contributed by atoms with E-state index in [1.807, 2.05) is 29.2 Å².